The molecular formula is C14H26N2O2. The number of carbonyl (C=O) groups excluding carboxylic acids is 1. The van der Waals surface area contributed by atoms with E-state index < -0.39 is 5.54 Å². The summed E-state index contributed by atoms with van der Waals surface area (Å²) in [6, 6.07) is 1.30. The Balaban J connectivity index is 2.08. The van der Waals surface area contributed by atoms with E-state index in [0.717, 1.165) is 31.8 Å². The van der Waals surface area contributed by atoms with Gasteiger partial charge in [-0.2, -0.15) is 0 Å². The Morgan fingerprint density at radius 1 is 1.39 bits per heavy atom. The summed E-state index contributed by atoms with van der Waals surface area (Å²) < 4.78 is 5.00. The van der Waals surface area contributed by atoms with E-state index in [1.165, 1.54) is 26.4 Å². The Morgan fingerprint density at radius 3 is 2.61 bits per heavy atom. The average molecular weight is 254 g/mol. The van der Waals surface area contributed by atoms with E-state index in [4.69, 9.17) is 4.74 Å². The van der Waals surface area contributed by atoms with E-state index in [9.17, 15) is 4.79 Å². The smallest absolute Gasteiger partial charge is 0.326 e. The molecule has 0 aliphatic heterocycles. The van der Waals surface area contributed by atoms with Crippen LogP contribution in [0.3, 0.4) is 0 Å². The molecule has 0 radical (unpaired) electrons. The third-order valence-electron chi connectivity index (χ3n) is 4.63. The zero-order valence-corrected chi connectivity index (χ0v) is 11.9. The van der Waals surface area contributed by atoms with Crippen molar-refractivity contribution in [1.29, 1.82) is 0 Å². The van der Waals surface area contributed by atoms with Crippen molar-refractivity contribution in [3.63, 3.8) is 0 Å². The van der Waals surface area contributed by atoms with Crippen molar-refractivity contribution in [2.75, 3.05) is 20.7 Å². The summed E-state index contributed by atoms with van der Waals surface area (Å²) in [6.45, 7) is 3.32. The van der Waals surface area contributed by atoms with Gasteiger partial charge in [0.05, 0.1) is 7.11 Å². The molecule has 104 valence electrons. The van der Waals surface area contributed by atoms with Crippen LogP contribution in [-0.4, -0.2) is 49.2 Å². The zero-order valence-electron chi connectivity index (χ0n) is 11.9. The standard InChI is InChI=1S/C14H26N2O2/c1-4-16(11-7-8-11)12-6-5-9-14(10-12,15-2)13(17)18-3/h11-12,15H,4-10H2,1-3H3. The Kier molecular flexibility index (Phi) is 4.28. The Labute approximate surface area is 110 Å². The van der Waals surface area contributed by atoms with Crippen molar-refractivity contribution in [3.8, 4) is 0 Å². The fraction of sp³-hybridized carbons (Fsp3) is 0.929. The highest BCUT2D eigenvalue weighted by atomic mass is 16.5. The lowest BCUT2D eigenvalue weighted by Crippen LogP contribution is -2.57. The molecule has 0 aromatic carbocycles. The van der Waals surface area contributed by atoms with E-state index in [-0.39, 0.29) is 5.97 Å². The second kappa shape index (κ2) is 5.57. The maximum Gasteiger partial charge on any atom is 0.326 e. The van der Waals surface area contributed by atoms with Crippen LogP contribution < -0.4 is 5.32 Å². The van der Waals surface area contributed by atoms with Crippen molar-refractivity contribution in [3.05, 3.63) is 0 Å². The van der Waals surface area contributed by atoms with Crippen molar-refractivity contribution in [2.24, 2.45) is 0 Å². The van der Waals surface area contributed by atoms with Gasteiger partial charge in [-0.05, 0) is 52.1 Å². The summed E-state index contributed by atoms with van der Waals surface area (Å²) in [6.07, 6.45) is 6.76. The summed E-state index contributed by atoms with van der Waals surface area (Å²) in [5, 5.41) is 3.24. The number of hydrogen-bond acceptors (Lipinski definition) is 4. The van der Waals surface area contributed by atoms with E-state index in [1.807, 2.05) is 7.05 Å². The number of carbonyl (C=O) groups is 1. The number of nitrogens with one attached hydrogen (secondary N) is 1. The number of likely N-dealkylation sites (N-methyl/N-ethyl adjacent to an activating group) is 1. The second-order valence-electron chi connectivity index (χ2n) is 5.64. The molecule has 4 nitrogen and oxygen atoms in total. The first kappa shape index (κ1) is 13.8. The molecule has 0 spiro atoms. The predicted molar refractivity (Wildman–Crippen MR) is 71.5 cm³/mol. The van der Waals surface area contributed by atoms with Crippen LogP contribution in [0.2, 0.25) is 0 Å². The number of hydrogen-bond donors (Lipinski definition) is 1. The molecule has 2 saturated carbocycles. The van der Waals surface area contributed by atoms with Crippen LogP contribution in [0.25, 0.3) is 0 Å². The summed E-state index contributed by atoms with van der Waals surface area (Å²) in [5.41, 5.74) is -0.458. The molecule has 4 heteroatoms. The molecule has 2 aliphatic carbocycles. The average Bonchev–Trinajstić information content (AvgIpc) is 3.23. The normalized spacial score (nSPS) is 32.6. The van der Waals surface area contributed by atoms with Crippen LogP contribution in [0, 0.1) is 0 Å². The largest absolute Gasteiger partial charge is 0.468 e. The molecular weight excluding hydrogens is 228 g/mol. The molecule has 0 aromatic rings. The minimum Gasteiger partial charge on any atom is -0.468 e. The number of rotatable bonds is 5. The molecule has 0 heterocycles. The monoisotopic (exact) mass is 254 g/mol. The van der Waals surface area contributed by atoms with Gasteiger partial charge in [0.1, 0.15) is 5.54 Å². The quantitative estimate of drug-likeness (QED) is 0.756. The molecule has 0 bridgehead atoms. The van der Waals surface area contributed by atoms with Crippen molar-refractivity contribution < 1.29 is 9.53 Å². The Hall–Kier alpha value is -0.610. The first-order valence-electron chi connectivity index (χ1n) is 7.20. The van der Waals surface area contributed by atoms with Crippen molar-refractivity contribution >= 4 is 5.97 Å². The van der Waals surface area contributed by atoms with Gasteiger partial charge in [-0.15, -0.1) is 0 Å². The fourth-order valence-electron chi connectivity index (χ4n) is 3.46. The molecule has 2 unspecified atom stereocenters. The van der Waals surface area contributed by atoms with Crippen LogP contribution in [0.5, 0.6) is 0 Å². The van der Waals surface area contributed by atoms with Crippen molar-refractivity contribution in [1.82, 2.24) is 10.2 Å². The van der Waals surface area contributed by atoms with Gasteiger partial charge in [0.2, 0.25) is 0 Å². The van der Waals surface area contributed by atoms with Gasteiger partial charge in [0.15, 0.2) is 0 Å². The molecule has 0 saturated heterocycles. The lowest BCUT2D eigenvalue weighted by molar-refractivity contribution is -0.151. The van der Waals surface area contributed by atoms with Crippen molar-refractivity contribution in [2.45, 2.75) is 63.1 Å². The molecule has 0 aromatic heterocycles. The van der Waals surface area contributed by atoms with Gasteiger partial charge in [0.25, 0.3) is 0 Å². The molecule has 2 aliphatic rings. The van der Waals surface area contributed by atoms with Gasteiger partial charge >= 0.3 is 5.97 Å². The van der Waals surface area contributed by atoms with Gasteiger partial charge in [0, 0.05) is 12.1 Å². The van der Waals surface area contributed by atoms with Crippen LogP contribution in [-0.2, 0) is 9.53 Å². The molecule has 18 heavy (non-hydrogen) atoms. The van der Waals surface area contributed by atoms with E-state index >= 15 is 0 Å². The summed E-state index contributed by atoms with van der Waals surface area (Å²) in [5.74, 6) is -0.0958. The number of nitrogens with zero attached hydrogens (tertiary/aromatic N) is 1. The summed E-state index contributed by atoms with van der Waals surface area (Å²) >= 11 is 0. The Morgan fingerprint density at radius 2 is 2.11 bits per heavy atom. The van der Waals surface area contributed by atoms with Gasteiger partial charge < -0.3 is 10.1 Å². The maximum atomic E-state index is 12.1. The van der Waals surface area contributed by atoms with E-state index in [1.54, 1.807) is 0 Å². The SMILES string of the molecule is CCN(C1CC1)C1CCCC(NC)(C(=O)OC)C1. The minimum atomic E-state index is -0.458. The highest BCUT2D eigenvalue weighted by Gasteiger charge is 2.45. The topological polar surface area (TPSA) is 41.6 Å². The molecule has 2 fully saturated rings. The van der Waals surface area contributed by atoms with Crippen LogP contribution in [0.1, 0.15) is 45.4 Å². The van der Waals surface area contributed by atoms with Crippen LogP contribution in [0.15, 0.2) is 0 Å². The predicted octanol–water partition coefficient (Wildman–Crippen LogP) is 1.54. The summed E-state index contributed by atoms with van der Waals surface area (Å²) in [7, 11) is 3.37. The molecule has 2 atom stereocenters. The second-order valence-corrected chi connectivity index (χ2v) is 5.64. The Bertz CT molecular complexity index is 304. The number of ether oxygens (including phenoxy) is 1. The van der Waals surface area contributed by atoms with Gasteiger partial charge in [-0.1, -0.05) is 6.92 Å². The fourth-order valence-corrected chi connectivity index (χ4v) is 3.46. The zero-order chi connectivity index (χ0) is 13.2. The van der Waals surface area contributed by atoms with Gasteiger partial charge in [-0.3, -0.25) is 9.69 Å². The summed E-state index contributed by atoms with van der Waals surface area (Å²) in [4.78, 5) is 14.7. The first-order chi connectivity index (χ1) is 8.66. The first-order valence-corrected chi connectivity index (χ1v) is 7.20. The van der Waals surface area contributed by atoms with E-state index in [0.29, 0.717) is 6.04 Å². The highest BCUT2D eigenvalue weighted by Crippen LogP contribution is 2.37. The maximum absolute atomic E-state index is 12.1. The highest BCUT2D eigenvalue weighted by molar-refractivity contribution is 5.81. The third kappa shape index (κ3) is 2.54. The third-order valence-corrected chi connectivity index (χ3v) is 4.63. The molecule has 1 N–H and O–H groups in total. The lowest BCUT2D eigenvalue weighted by Gasteiger charge is -2.42. The molecule has 0 amide bonds. The van der Waals surface area contributed by atoms with Crippen LogP contribution in [0.4, 0.5) is 0 Å². The number of methoxy groups -OCH3 is 1. The van der Waals surface area contributed by atoms with Gasteiger partial charge in [-0.25, -0.2) is 0 Å². The minimum absolute atomic E-state index is 0.0958. The van der Waals surface area contributed by atoms with E-state index in [2.05, 4.69) is 17.1 Å². The lowest BCUT2D eigenvalue weighted by atomic mass is 9.78. The molecule has 2 rings (SSSR count). The van der Waals surface area contributed by atoms with Crippen LogP contribution >= 0.6 is 0 Å². The number of esters is 1.